The van der Waals surface area contributed by atoms with Crippen molar-refractivity contribution in [1.29, 1.82) is 0 Å². The van der Waals surface area contributed by atoms with Crippen molar-refractivity contribution >= 4 is 11.9 Å². The van der Waals surface area contributed by atoms with Crippen LogP contribution in [0.15, 0.2) is 10.9 Å². The first-order chi connectivity index (χ1) is 13.6. The van der Waals surface area contributed by atoms with Crippen LogP contribution in [0.4, 0.5) is 0 Å². The number of aromatic nitrogens is 2. The van der Waals surface area contributed by atoms with E-state index in [0.29, 0.717) is 36.8 Å². The summed E-state index contributed by atoms with van der Waals surface area (Å²) in [4.78, 5) is 37.1. The lowest BCUT2D eigenvalue weighted by Crippen LogP contribution is -2.58. The topological polar surface area (TPSA) is 99.5 Å². The number of nitrogens with one attached hydrogen (secondary N) is 1. The predicted octanol–water partition coefficient (Wildman–Crippen LogP) is 2.00. The highest BCUT2D eigenvalue weighted by atomic mass is 16.5. The van der Waals surface area contributed by atoms with Crippen LogP contribution < -0.4 is 15.6 Å². The molecule has 8 heteroatoms. The number of methoxy groups -OCH3 is 1. The van der Waals surface area contributed by atoms with E-state index in [1.54, 1.807) is 0 Å². The minimum Gasteiger partial charge on any atom is -0.491 e. The van der Waals surface area contributed by atoms with E-state index in [9.17, 15) is 14.4 Å². The molecule has 29 heavy (non-hydrogen) atoms. The van der Waals surface area contributed by atoms with Crippen molar-refractivity contribution in [3.63, 3.8) is 0 Å². The summed E-state index contributed by atoms with van der Waals surface area (Å²) in [7, 11) is 1.40. The van der Waals surface area contributed by atoms with Crippen LogP contribution in [0.25, 0.3) is 0 Å². The van der Waals surface area contributed by atoms with Gasteiger partial charge in [-0.15, -0.1) is 0 Å². The lowest BCUT2D eigenvalue weighted by atomic mass is 9.65. The fourth-order valence-corrected chi connectivity index (χ4v) is 4.54. The van der Waals surface area contributed by atoms with Crippen LogP contribution >= 0.6 is 0 Å². The molecule has 0 aliphatic heterocycles. The first-order valence-electron chi connectivity index (χ1n) is 10.2. The van der Waals surface area contributed by atoms with E-state index < -0.39 is 5.41 Å². The number of hydrogen-bond acceptors (Lipinski definition) is 6. The van der Waals surface area contributed by atoms with Crippen molar-refractivity contribution in [1.82, 2.24) is 15.1 Å². The van der Waals surface area contributed by atoms with Gasteiger partial charge in [-0.3, -0.25) is 14.4 Å². The van der Waals surface area contributed by atoms with E-state index in [0.717, 1.165) is 12.8 Å². The molecule has 2 bridgehead atoms. The average Bonchev–Trinajstić information content (AvgIpc) is 3.17. The zero-order valence-electron chi connectivity index (χ0n) is 17.9. The highest BCUT2D eigenvalue weighted by Gasteiger charge is 2.65. The molecular weight excluding hydrogens is 374 g/mol. The van der Waals surface area contributed by atoms with E-state index in [4.69, 9.17) is 9.47 Å². The lowest BCUT2D eigenvalue weighted by molar-refractivity contribution is -0.159. The summed E-state index contributed by atoms with van der Waals surface area (Å²) in [6, 6.07) is 1.41. The van der Waals surface area contributed by atoms with Gasteiger partial charge in [0.25, 0.3) is 5.56 Å². The summed E-state index contributed by atoms with van der Waals surface area (Å²) in [5, 5.41) is 7.43. The van der Waals surface area contributed by atoms with Crippen LogP contribution in [-0.4, -0.2) is 40.9 Å². The van der Waals surface area contributed by atoms with Crippen LogP contribution in [-0.2, 0) is 20.9 Å². The number of hydrogen-bond donors (Lipinski definition) is 1. The Balaban J connectivity index is 1.69. The fraction of sp³-hybridized carbons (Fsp3) is 0.714. The van der Waals surface area contributed by atoms with Crippen LogP contribution in [0, 0.1) is 11.3 Å². The Labute approximate surface area is 171 Å². The van der Waals surface area contributed by atoms with Gasteiger partial charge in [-0.25, -0.2) is 4.68 Å². The Hall–Kier alpha value is -2.38. The van der Waals surface area contributed by atoms with Crippen molar-refractivity contribution < 1.29 is 19.1 Å². The second kappa shape index (κ2) is 7.80. The second-order valence-electron chi connectivity index (χ2n) is 9.20. The normalized spacial score (nSPS) is 25.1. The van der Waals surface area contributed by atoms with Crippen LogP contribution in [0.1, 0.15) is 65.0 Å². The summed E-state index contributed by atoms with van der Waals surface area (Å²) >= 11 is 0. The van der Waals surface area contributed by atoms with E-state index in [2.05, 4.69) is 10.4 Å². The molecule has 160 valence electrons. The summed E-state index contributed by atoms with van der Waals surface area (Å²) in [6.07, 6.45) is 2.66. The predicted molar refractivity (Wildman–Crippen MR) is 107 cm³/mol. The highest BCUT2D eigenvalue weighted by molar-refractivity contribution is 5.82. The highest BCUT2D eigenvalue weighted by Crippen LogP contribution is 2.61. The molecule has 1 aromatic rings. The Bertz CT molecular complexity index is 852. The van der Waals surface area contributed by atoms with E-state index in [1.165, 1.54) is 17.9 Å². The van der Waals surface area contributed by atoms with Crippen molar-refractivity contribution in [3.8, 4) is 5.75 Å². The largest absolute Gasteiger partial charge is 0.491 e. The SMILES string of the molecule is COC(=O)C12CCC(NC(=O)Cn3nc(C(C)C)c(OCC(C)C)cc3=O)(C1)C2. The van der Waals surface area contributed by atoms with Crippen molar-refractivity contribution in [2.45, 2.75) is 71.4 Å². The molecule has 3 saturated carbocycles. The molecule has 0 spiro atoms. The van der Waals surface area contributed by atoms with Crippen LogP contribution in [0.3, 0.4) is 0 Å². The minimum atomic E-state index is -0.447. The number of carbonyl (C=O) groups is 2. The molecule has 8 nitrogen and oxygen atoms in total. The zero-order valence-corrected chi connectivity index (χ0v) is 17.9. The third kappa shape index (κ3) is 4.16. The Kier molecular flexibility index (Phi) is 5.74. The van der Waals surface area contributed by atoms with E-state index in [-0.39, 0.29) is 35.4 Å². The molecule has 0 saturated heterocycles. The van der Waals surface area contributed by atoms with Gasteiger partial charge in [0.05, 0.1) is 19.1 Å². The molecule has 4 rings (SSSR count). The number of esters is 1. The molecule has 3 aliphatic carbocycles. The maximum atomic E-state index is 12.6. The van der Waals surface area contributed by atoms with Gasteiger partial charge >= 0.3 is 5.97 Å². The molecule has 1 amide bonds. The molecule has 0 aromatic carbocycles. The number of carbonyl (C=O) groups excluding carboxylic acids is 2. The molecule has 0 atom stereocenters. The van der Waals surface area contributed by atoms with Crippen molar-refractivity contribution in [2.24, 2.45) is 11.3 Å². The van der Waals surface area contributed by atoms with E-state index >= 15 is 0 Å². The number of amides is 1. The Morgan fingerprint density at radius 3 is 2.52 bits per heavy atom. The van der Waals surface area contributed by atoms with Gasteiger partial charge in [-0.05, 0) is 31.6 Å². The molecule has 0 radical (unpaired) electrons. The van der Waals surface area contributed by atoms with Gasteiger partial charge in [0.15, 0.2) is 0 Å². The second-order valence-corrected chi connectivity index (χ2v) is 9.20. The number of rotatable bonds is 8. The van der Waals surface area contributed by atoms with Gasteiger partial charge in [0.1, 0.15) is 18.0 Å². The quantitative estimate of drug-likeness (QED) is 0.664. The summed E-state index contributed by atoms with van der Waals surface area (Å²) in [6.45, 7) is 8.35. The molecule has 0 unspecified atom stereocenters. The monoisotopic (exact) mass is 405 g/mol. The maximum absolute atomic E-state index is 12.6. The van der Waals surface area contributed by atoms with Gasteiger partial charge in [-0.2, -0.15) is 5.10 Å². The average molecular weight is 405 g/mol. The molecule has 1 N–H and O–H groups in total. The number of nitrogens with zero attached hydrogens (tertiary/aromatic N) is 2. The Morgan fingerprint density at radius 1 is 1.24 bits per heavy atom. The first kappa shape index (κ1) is 21.3. The van der Waals surface area contributed by atoms with Gasteiger partial charge < -0.3 is 14.8 Å². The molecular formula is C21H31N3O5. The standard InChI is InChI=1S/C21H31N3O5/c1-13(2)10-29-15-8-17(26)24(23-18(15)14(3)4)9-16(25)22-21-7-6-20(11-21,12-21)19(27)28-5/h8,13-14H,6-7,9-12H2,1-5H3,(H,22,25). The van der Waals surface area contributed by atoms with Crippen LogP contribution in [0.2, 0.25) is 0 Å². The summed E-state index contributed by atoms with van der Waals surface area (Å²) in [5.74, 6) is 0.384. The number of ether oxygens (including phenoxy) is 2. The van der Waals surface area contributed by atoms with Crippen LogP contribution in [0.5, 0.6) is 5.75 Å². The molecule has 3 fully saturated rings. The smallest absolute Gasteiger partial charge is 0.311 e. The molecule has 1 heterocycles. The van der Waals surface area contributed by atoms with Gasteiger partial charge in [0, 0.05) is 17.5 Å². The molecule has 3 aliphatic rings. The summed E-state index contributed by atoms with van der Waals surface area (Å²) < 4.78 is 11.8. The van der Waals surface area contributed by atoms with Gasteiger partial charge in [-0.1, -0.05) is 27.7 Å². The maximum Gasteiger partial charge on any atom is 0.311 e. The van der Waals surface area contributed by atoms with Gasteiger partial charge in [0.2, 0.25) is 5.91 Å². The minimum absolute atomic E-state index is 0.0489. The first-order valence-corrected chi connectivity index (χ1v) is 10.2. The van der Waals surface area contributed by atoms with E-state index in [1.807, 2.05) is 27.7 Å². The Morgan fingerprint density at radius 2 is 1.93 bits per heavy atom. The zero-order chi connectivity index (χ0) is 21.4. The lowest BCUT2D eigenvalue weighted by Gasteiger charge is -2.45. The third-order valence-electron chi connectivity index (χ3n) is 5.86. The fourth-order valence-electron chi connectivity index (χ4n) is 4.54. The van der Waals surface area contributed by atoms with Crippen molar-refractivity contribution in [3.05, 3.63) is 22.1 Å². The number of fused-ring (bicyclic) bond motifs is 1. The third-order valence-corrected chi connectivity index (χ3v) is 5.86. The summed E-state index contributed by atoms with van der Waals surface area (Å²) in [5.41, 5.74) is -0.525. The van der Waals surface area contributed by atoms with Crippen molar-refractivity contribution in [2.75, 3.05) is 13.7 Å². The molecule has 1 aromatic heterocycles.